The minimum Gasteiger partial charge on any atom is -0.491 e. The minimum absolute atomic E-state index is 0. The van der Waals surface area contributed by atoms with Gasteiger partial charge in [0.15, 0.2) is 0 Å². The van der Waals surface area contributed by atoms with Gasteiger partial charge in [-0.15, -0.1) is 0 Å². The molecule has 2 rings (SSSR count). The normalized spacial score (nSPS) is 12.9. The van der Waals surface area contributed by atoms with Crippen LogP contribution in [0.25, 0.3) is 0 Å². The van der Waals surface area contributed by atoms with E-state index < -0.39 is 25.6 Å². The Morgan fingerprint density at radius 3 is 1.31 bits per heavy atom. The number of halogens is 2. The molecule has 0 heterocycles. The largest absolute Gasteiger partial charge is 0.491 e. The van der Waals surface area contributed by atoms with Crippen molar-refractivity contribution < 1.29 is 28.5 Å². The molecule has 0 amide bonds. The van der Waals surface area contributed by atoms with E-state index in [9.17, 15) is 19.0 Å². The molecule has 2 unspecified atom stereocenters. The summed E-state index contributed by atoms with van der Waals surface area (Å²) in [7, 11) is 0. The predicted octanol–water partition coefficient (Wildman–Crippen LogP) is 3.66. The zero-order valence-electron chi connectivity index (χ0n) is 16.6. The number of hydrogen-bond donors (Lipinski definition) is 2. The Bertz CT molecular complexity index is 637. The fourth-order valence-electron chi connectivity index (χ4n) is 2.58. The van der Waals surface area contributed by atoms with E-state index in [4.69, 9.17) is 9.47 Å². The molecule has 0 bridgehead atoms. The van der Waals surface area contributed by atoms with Crippen LogP contribution in [-0.4, -0.2) is 49.0 Å². The van der Waals surface area contributed by atoms with E-state index in [2.05, 4.69) is 13.8 Å². The maximum atomic E-state index is 12.3. The quantitative estimate of drug-likeness (QED) is 0.583. The van der Waals surface area contributed by atoms with E-state index in [0.717, 1.165) is 11.1 Å². The molecule has 2 aromatic rings. The lowest BCUT2D eigenvalue weighted by atomic mass is 9.78. The Morgan fingerprint density at radius 1 is 0.724 bits per heavy atom. The predicted molar refractivity (Wildman–Crippen MR) is 121 cm³/mol. The Hall–Kier alpha value is -1.48. The Kier molecular flexibility index (Phi) is 12.3. The molecular formula is C21H30F2O4S2. The number of ether oxygens (including phenoxy) is 2. The standard InChI is InChI=1S/C21H26F2O4.2H2S/c1-21(2,15-3-7-19(8-4-15)26-13-17(24)11-22)16-5-9-20(10-6-16)27-14-18(25)12-23;;/h3-10,17-18,24-25H,11-14H2,1-2H3;2*1H2. The molecule has 2 aromatic carbocycles. The van der Waals surface area contributed by atoms with Crippen LogP contribution in [0.4, 0.5) is 8.78 Å². The van der Waals surface area contributed by atoms with Gasteiger partial charge in [-0.3, -0.25) is 0 Å². The first-order chi connectivity index (χ1) is 12.9. The zero-order valence-corrected chi connectivity index (χ0v) is 18.6. The fourth-order valence-corrected chi connectivity index (χ4v) is 2.58. The van der Waals surface area contributed by atoms with E-state index in [1.54, 1.807) is 24.3 Å². The number of alkyl halides is 2. The molecule has 4 nitrogen and oxygen atoms in total. The van der Waals surface area contributed by atoms with Gasteiger partial charge in [0.1, 0.15) is 50.3 Å². The summed E-state index contributed by atoms with van der Waals surface area (Å²) in [6.45, 7) is 2.32. The molecule has 0 spiro atoms. The average Bonchev–Trinajstić information content (AvgIpc) is 2.70. The van der Waals surface area contributed by atoms with Crippen LogP contribution in [0.3, 0.4) is 0 Å². The van der Waals surface area contributed by atoms with Gasteiger partial charge in [-0.1, -0.05) is 38.1 Å². The van der Waals surface area contributed by atoms with Gasteiger partial charge < -0.3 is 19.7 Å². The molecule has 0 saturated carbocycles. The van der Waals surface area contributed by atoms with Crippen LogP contribution in [0.15, 0.2) is 48.5 Å². The van der Waals surface area contributed by atoms with Crippen molar-refractivity contribution in [3.8, 4) is 11.5 Å². The fraction of sp³-hybridized carbons (Fsp3) is 0.429. The maximum Gasteiger partial charge on any atom is 0.119 e. The van der Waals surface area contributed by atoms with Gasteiger partial charge in [-0.25, -0.2) is 8.78 Å². The van der Waals surface area contributed by atoms with Gasteiger partial charge in [0, 0.05) is 5.41 Å². The number of hydrogen-bond acceptors (Lipinski definition) is 4. The van der Waals surface area contributed by atoms with Crippen molar-refractivity contribution in [2.45, 2.75) is 31.5 Å². The summed E-state index contributed by atoms with van der Waals surface area (Å²) < 4.78 is 35.2. The Labute approximate surface area is 184 Å². The zero-order chi connectivity index (χ0) is 19.9. The highest BCUT2D eigenvalue weighted by molar-refractivity contribution is 7.59. The van der Waals surface area contributed by atoms with Crippen molar-refractivity contribution in [1.29, 1.82) is 0 Å². The second-order valence-electron chi connectivity index (χ2n) is 6.91. The number of aliphatic hydroxyl groups is 2. The summed E-state index contributed by atoms with van der Waals surface area (Å²) in [6.07, 6.45) is -2.24. The molecule has 0 saturated heterocycles. The van der Waals surface area contributed by atoms with Crippen LogP contribution in [-0.2, 0) is 5.41 Å². The highest BCUT2D eigenvalue weighted by atomic mass is 32.1. The molecule has 8 heteroatoms. The molecule has 0 aliphatic rings. The van der Waals surface area contributed by atoms with Crippen LogP contribution >= 0.6 is 27.0 Å². The van der Waals surface area contributed by atoms with Crippen LogP contribution in [0.1, 0.15) is 25.0 Å². The average molecular weight is 449 g/mol. The summed E-state index contributed by atoms with van der Waals surface area (Å²) in [4.78, 5) is 0. The Morgan fingerprint density at radius 2 is 1.03 bits per heavy atom. The molecule has 0 radical (unpaired) electrons. The van der Waals surface area contributed by atoms with Crippen molar-refractivity contribution in [3.05, 3.63) is 59.7 Å². The second-order valence-corrected chi connectivity index (χ2v) is 6.91. The summed E-state index contributed by atoms with van der Waals surface area (Å²) in [5.41, 5.74) is 1.83. The summed E-state index contributed by atoms with van der Waals surface area (Å²) in [5.74, 6) is 1.13. The molecule has 0 aromatic heterocycles. The molecule has 0 aliphatic heterocycles. The van der Waals surface area contributed by atoms with E-state index in [1.165, 1.54) is 0 Å². The lowest BCUT2D eigenvalue weighted by molar-refractivity contribution is 0.0842. The van der Waals surface area contributed by atoms with Crippen LogP contribution in [0.5, 0.6) is 11.5 Å². The van der Waals surface area contributed by atoms with Crippen molar-refractivity contribution in [3.63, 3.8) is 0 Å². The van der Waals surface area contributed by atoms with Crippen molar-refractivity contribution in [2.24, 2.45) is 0 Å². The molecule has 2 atom stereocenters. The van der Waals surface area contributed by atoms with Gasteiger partial charge >= 0.3 is 0 Å². The van der Waals surface area contributed by atoms with Crippen molar-refractivity contribution in [1.82, 2.24) is 0 Å². The van der Waals surface area contributed by atoms with Crippen LogP contribution < -0.4 is 9.47 Å². The van der Waals surface area contributed by atoms with E-state index in [-0.39, 0.29) is 45.6 Å². The first-order valence-corrected chi connectivity index (χ1v) is 8.81. The van der Waals surface area contributed by atoms with Gasteiger partial charge in [0.05, 0.1) is 0 Å². The smallest absolute Gasteiger partial charge is 0.119 e. The van der Waals surface area contributed by atoms with E-state index in [1.807, 2.05) is 24.3 Å². The monoisotopic (exact) mass is 448 g/mol. The summed E-state index contributed by atoms with van der Waals surface area (Å²) in [6, 6.07) is 14.9. The number of rotatable bonds is 10. The maximum absolute atomic E-state index is 12.3. The third kappa shape index (κ3) is 8.04. The van der Waals surface area contributed by atoms with Crippen molar-refractivity contribution in [2.75, 3.05) is 26.6 Å². The van der Waals surface area contributed by atoms with Gasteiger partial charge in [0.25, 0.3) is 0 Å². The van der Waals surface area contributed by atoms with Crippen LogP contribution in [0, 0.1) is 0 Å². The second kappa shape index (κ2) is 13.0. The van der Waals surface area contributed by atoms with Crippen LogP contribution in [0.2, 0.25) is 0 Å². The lowest BCUT2D eigenvalue weighted by Crippen LogP contribution is -2.20. The van der Waals surface area contributed by atoms with Gasteiger partial charge in [-0.05, 0) is 35.4 Å². The Balaban J connectivity index is 0.00000392. The third-order valence-electron chi connectivity index (χ3n) is 4.39. The van der Waals surface area contributed by atoms with Gasteiger partial charge in [0.2, 0.25) is 0 Å². The molecule has 164 valence electrons. The third-order valence-corrected chi connectivity index (χ3v) is 4.39. The van der Waals surface area contributed by atoms with E-state index >= 15 is 0 Å². The summed E-state index contributed by atoms with van der Waals surface area (Å²) in [5, 5.41) is 18.4. The molecular weight excluding hydrogens is 418 g/mol. The summed E-state index contributed by atoms with van der Waals surface area (Å²) >= 11 is 0. The van der Waals surface area contributed by atoms with Crippen molar-refractivity contribution >= 4 is 27.0 Å². The topological polar surface area (TPSA) is 58.9 Å². The lowest BCUT2D eigenvalue weighted by Gasteiger charge is -2.26. The highest BCUT2D eigenvalue weighted by Crippen LogP contribution is 2.33. The minimum atomic E-state index is -1.12. The first-order valence-electron chi connectivity index (χ1n) is 8.81. The number of benzene rings is 2. The molecule has 2 N–H and O–H groups in total. The van der Waals surface area contributed by atoms with Gasteiger partial charge in [-0.2, -0.15) is 27.0 Å². The molecule has 0 aliphatic carbocycles. The first kappa shape index (κ1) is 27.5. The van der Waals surface area contributed by atoms with E-state index in [0.29, 0.717) is 11.5 Å². The molecule has 29 heavy (non-hydrogen) atoms. The number of aliphatic hydroxyl groups excluding tert-OH is 2. The molecule has 0 fully saturated rings. The highest BCUT2D eigenvalue weighted by Gasteiger charge is 2.23. The SMILES string of the molecule is CC(C)(c1ccc(OCC(O)CF)cc1)c1ccc(OCC(O)CF)cc1.S.S.